The number of carbonyl (C=O) groups excluding carboxylic acids is 1. The molecule has 2 N–H and O–H groups in total. The minimum atomic E-state index is -0.246. The summed E-state index contributed by atoms with van der Waals surface area (Å²) >= 11 is 0. The van der Waals surface area contributed by atoms with E-state index in [1.807, 2.05) is 12.3 Å². The zero-order valence-electron chi connectivity index (χ0n) is 17.0. The van der Waals surface area contributed by atoms with Gasteiger partial charge in [0.15, 0.2) is 5.65 Å². The Hall–Kier alpha value is -3.00. The van der Waals surface area contributed by atoms with Crippen LogP contribution < -0.4 is 10.2 Å². The molecule has 8 heteroatoms. The third-order valence-corrected chi connectivity index (χ3v) is 5.00. The van der Waals surface area contributed by atoms with Gasteiger partial charge in [0, 0.05) is 45.1 Å². The Kier molecular flexibility index (Phi) is 6.77. The first-order valence-electron chi connectivity index (χ1n) is 9.86. The first-order valence-corrected chi connectivity index (χ1v) is 9.86. The van der Waals surface area contributed by atoms with E-state index in [2.05, 4.69) is 26.9 Å². The number of carbonyl (C=O) groups is 1. The van der Waals surface area contributed by atoms with Crippen molar-refractivity contribution in [2.24, 2.45) is 4.99 Å². The molecule has 2 aromatic rings. The maximum atomic E-state index is 12.7. The molecular formula is C21H28N6O2. The van der Waals surface area contributed by atoms with E-state index < -0.39 is 0 Å². The SMILES string of the molecule is C=C/C=C(\C=NC)C(=O)Nc1cc(N2CCCC2)nc2c(C3CC3)cnn12.CO. The van der Waals surface area contributed by atoms with E-state index in [-0.39, 0.29) is 5.91 Å². The molecule has 0 atom stereocenters. The Morgan fingerprint density at radius 3 is 2.69 bits per heavy atom. The summed E-state index contributed by atoms with van der Waals surface area (Å²) in [5.74, 6) is 1.81. The fourth-order valence-electron chi connectivity index (χ4n) is 3.48. The van der Waals surface area contributed by atoms with E-state index in [9.17, 15) is 4.79 Å². The highest BCUT2D eigenvalue weighted by atomic mass is 16.2. The van der Waals surface area contributed by atoms with Crippen molar-refractivity contribution in [3.05, 3.63) is 42.1 Å². The van der Waals surface area contributed by atoms with E-state index in [4.69, 9.17) is 10.1 Å². The van der Waals surface area contributed by atoms with Gasteiger partial charge in [0.2, 0.25) is 0 Å². The number of allylic oxidation sites excluding steroid dienone is 2. The average Bonchev–Trinajstić information content (AvgIpc) is 3.26. The summed E-state index contributed by atoms with van der Waals surface area (Å²) in [5.41, 5.74) is 2.45. The van der Waals surface area contributed by atoms with Gasteiger partial charge in [-0.05, 0) is 37.7 Å². The first kappa shape index (κ1) is 20.7. The van der Waals surface area contributed by atoms with Crippen LogP contribution in [0.4, 0.5) is 11.6 Å². The van der Waals surface area contributed by atoms with Crippen LogP contribution in [0.15, 0.2) is 41.6 Å². The van der Waals surface area contributed by atoms with Crippen LogP contribution in [0.2, 0.25) is 0 Å². The Morgan fingerprint density at radius 2 is 2.07 bits per heavy atom. The van der Waals surface area contributed by atoms with Gasteiger partial charge in [-0.3, -0.25) is 9.79 Å². The third kappa shape index (κ3) is 4.54. The van der Waals surface area contributed by atoms with Gasteiger partial charge in [0.05, 0.1) is 11.8 Å². The minimum Gasteiger partial charge on any atom is -0.400 e. The van der Waals surface area contributed by atoms with Crippen molar-refractivity contribution in [1.82, 2.24) is 14.6 Å². The molecule has 29 heavy (non-hydrogen) atoms. The normalized spacial score (nSPS) is 16.8. The molecule has 3 heterocycles. The van der Waals surface area contributed by atoms with Crippen LogP contribution in [-0.4, -0.2) is 59.1 Å². The molecule has 2 aliphatic rings. The number of nitrogens with zero attached hydrogens (tertiary/aromatic N) is 5. The molecule has 154 valence electrons. The predicted octanol–water partition coefficient (Wildman–Crippen LogP) is 2.57. The molecule has 4 rings (SSSR count). The van der Waals surface area contributed by atoms with Gasteiger partial charge < -0.3 is 15.3 Å². The van der Waals surface area contributed by atoms with Gasteiger partial charge in [-0.25, -0.2) is 4.98 Å². The first-order chi connectivity index (χ1) is 14.2. The molecule has 0 spiro atoms. The number of anilines is 2. The molecule has 1 saturated heterocycles. The maximum absolute atomic E-state index is 12.7. The number of fused-ring (bicyclic) bond motifs is 1. The van der Waals surface area contributed by atoms with Crippen molar-refractivity contribution < 1.29 is 9.90 Å². The summed E-state index contributed by atoms with van der Waals surface area (Å²) in [6.07, 6.45) is 11.3. The number of aliphatic hydroxyl groups excluding tert-OH is 1. The van der Waals surface area contributed by atoms with E-state index in [1.54, 1.807) is 23.7 Å². The monoisotopic (exact) mass is 396 g/mol. The second kappa shape index (κ2) is 9.47. The summed E-state index contributed by atoms with van der Waals surface area (Å²) in [5, 5.41) is 14.5. The number of hydrogen-bond acceptors (Lipinski definition) is 6. The number of rotatable bonds is 6. The van der Waals surface area contributed by atoms with E-state index in [0.717, 1.165) is 31.7 Å². The van der Waals surface area contributed by atoms with Crippen molar-refractivity contribution in [2.45, 2.75) is 31.6 Å². The number of hydrogen-bond donors (Lipinski definition) is 2. The van der Waals surface area contributed by atoms with Crippen LogP contribution in [0.1, 0.15) is 37.2 Å². The predicted molar refractivity (Wildman–Crippen MR) is 116 cm³/mol. The molecular weight excluding hydrogens is 368 g/mol. The molecule has 8 nitrogen and oxygen atoms in total. The summed E-state index contributed by atoms with van der Waals surface area (Å²) in [7, 11) is 2.63. The average molecular weight is 396 g/mol. The van der Waals surface area contributed by atoms with Gasteiger partial charge in [0.1, 0.15) is 11.6 Å². The van der Waals surface area contributed by atoms with Gasteiger partial charge in [-0.1, -0.05) is 12.7 Å². The van der Waals surface area contributed by atoms with Crippen molar-refractivity contribution in [2.75, 3.05) is 37.5 Å². The molecule has 1 saturated carbocycles. The van der Waals surface area contributed by atoms with Crippen molar-refractivity contribution in [3.63, 3.8) is 0 Å². The Morgan fingerprint density at radius 1 is 1.34 bits per heavy atom. The quantitative estimate of drug-likeness (QED) is 0.445. The lowest BCUT2D eigenvalue weighted by Crippen LogP contribution is -2.22. The number of aliphatic imine (C=N–C) groups is 1. The maximum Gasteiger partial charge on any atom is 0.258 e. The lowest BCUT2D eigenvalue weighted by atomic mass is 10.2. The highest BCUT2D eigenvalue weighted by Crippen LogP contribution is 2.42. The molecule has 2 fully saturated rings. The van der Waals surface area contributed by atoms with Crippen molar-refractivity contribution >= 4 is 29.4 Å². The summed E-state index contributed by atoms with van der Waals surface area (Å²) in [6, 6.07) is 1.91. The van der Waals surface area contributed by atoms with Crippen LogP contribution in [0.25, 0.3) is 5.65 Å². The zero-order chi connectivity index (χ0) is 20.8. The second-order valence-corrected chi connectivity index (χ2v) is 7.00. The standard InChI is InChI=1S/C20H24N6O.CH4O/c1-3-6-15(12-21-2)20(27)24-18-11-17(25-9-4-5-10-25)23-19-16(14-7-8-14)13-22-26(18)19;1-2/h3,6,11-14H,1,4-5,7-10H2,2H3,(H,24,27);2H,1H3/b15-6+,21-12?;. The minimum absolute atomic E-state index is 0.246. The molecule has 0 bridgehead atoms. The Balaban J connectivity index is 0.00000117. The number of amides is 1. The van der Waals surface area contributed by atoms with Crippen LogP contribution in [0.5, 0.6) is 0 Å². The Bertz CT molecular complexity index is 936. The van der Waals surface area contributed by atoms with Gasteiger partial charge in [0.25, 0.3) is 5.91 Å². The van der Waals surface area contributed by atoms with Crippen LogP contribution in [0, 0.1) is 0 Å². The van der Waals surface area contributed by atoms with Gasteiger partial charge in [-0.15, -0.1) is 0 Å². The van der Waals surface area contributed by atoms with Crippen molar-refractivity contribution in [3.8, 4) is 0 Å². The molecule has 0 radical (unpaired) electrons. The van der Waals surface area contributed by atoms with Crippen LogP contribution in [0.3, 0.4) is 0 Å². The fraction of sp³-hybridized carbons (Fsp3) is 0.429. The summed E-state index contributed by atoms with van der Waals surface area (Å²) in [4.78, 5) is 23.8. The van der Waals surface area contributed by atoms with Crippen LogP contribution >= 0.6 is 0 Å². The highest BCUT2D eigenvalue weighted by molar-refractivity contribution is 6.17. The van der Waals surface area contributed by atoms with Gasteiger partial charge >= 0.3 is 0 Å². The zero-order valence-corrected chi connectivity index (χ0v) is 17.0. The van der Waals surface area contributed by atoms with Crippen molar-refractivity contribution in [1.29, 1.82) is 0 Å². The molecule has 1 aliphatic heterocycles. The van der Waals surface area contributed by atoms with E-state index in [1.165, 1.54) is 37.5 Å². The lowest BCUT2D eigenvalue weighted by molar-refractivity contribution is -0.112. The second-order valence-electron chi connectivity index (χ2n) is 7.00. The molecule has 2 aromatic heterocycles. The lowest BCUT2D eigenvalue weighted by Gasteiger charge is -2.18. The fourth-order valence-corrected chi connectivity index (χ4v) is 3.48. The largest absolute Gasteiger partial charge is 0.400 e. The highest BCUT2D eigenvalue weighted by Gasteiger charge is 2.29. The topological polar surface area (TPSA) is 95.1 Å². The summed E-state index contributed by atoms with van der Waals surface area (Å²) in [6.45, 7) is 5.65. The number of nitrogens with one attached hydrogen (secondary N) is 1. The molecule has 1 amide bonds. The van der Waals surface area contributed by atoms with Crippen LogP contribution in [-0.2, 0) is 4.79 Å². The summed E-state index contributed by atoms with van der Waals surface area (Å²) < 4.78 is 1.74. The molecule has 0 aromatic carbocycles. The third-order valence-electron chi connectivity index (χ3n) is 5.00. The number of aliphatic hydroxyl groups is 1. The Labute approximate surface area is 170 Å². The smallest absolute Gasteiger partial charge is 0.258 e. The van der Waals surface area contributed by atoms with Gasteiger partial charge in [-0.2, -0.15) is 9.61 Å². The van der Waals surface area contributed by atoms with E-state index >= 15 is 0 Å². The molecule has 1 aliphatic carbocycles. The number of aromatic nitrogens is 3. The van der Waals surface area contributed by atoms with E-state index in [0.29, 0.717) is 17.3 Å². The molecule has 0 unspecified atom stereocenters.